The summed E-state index contributed by atoms with van der Waals surface area (Å²) in [5.74, 6) is -0.240. The predicted octanol–water partition coefficient (Wildman–Crippen LogP) is 0.419. The van der Waals surface area contributed by atoms with Crippen LogP contribution in [0.25, 0.3) is 0 Å². The summed E-state index contributed by atoms with van der Waals surface area (Å²) < 4.78 is 0. The summed E-state index contributed by atoms with van der Waals surface area (Å²) in [5, 5.41) is 11.9. The molecule has 0 aromatic carbocycles. The van der Waals surface area contributed by atoms with Crippen LogP contribution in [-0.2, 0) is 14.4 Å². The Hall–Kier alpha value is -2.71. The Labute approximate surface area is 157 Å². The van der Waals surface area contributed by atoms with Gasteiger partial charge >= 0.3 is 5.97 Å². The van der Waals surface area contributed by atoms with Crippen molar-refractivity contribution in [3.05, 3.63) is 18.5 Å². The second-order valence-electron chi connectivity index (χ2n) is 7.14. The van der Waals surface area contributed by atoms with Crippen LogP contribution in [0.2, 0.25) is 0 Å². The lowest BCUT2D eigenvalue weighted by Crippen LogP contribution is -2.50. The quantitative estimate of drug-likeness (QED) is 0.709. The fraction of sp³-hybridized carbons (Fsp3) is 0.611. The van der Waals surface area contributed by atoms with Crippen molar-refractivity contribution in [2.75, 3.05) is 31.1 Å². The van der Waals surface area contributed by atoms with Gasteiger partial charge in [0.25, 0.3) is 0 Å². The molecule has 2 aliphatic rings. The summed E-state index contributed by atoms with van der Waals surface area (Å²) in [6, 6.07) is 1.77. The highest BCUT2D eigenvalue weighted by Gasteiger charge is 2.38. The van der Waals surface area contributed by atoms with Gasteiger partial charge in [-0.05, 0) is 25.3 Å². The van der Waals surface area contributed by atoms with Crippen molar-refractivity contribution < 1.29 is 19.5 Å². The summed E-state index contributed by atoms with van der Waals surface area (Å²) in [7, 11) is 0. The van der Waals surface area contributed by atoms with Crippen molar-refractivity contribution in [1.29, 1.82) is 0 Å². The first kappa shape index (κ1) is 19.1. The number of amides is 2. The van der Waals surface area contributed by atoms with Crippen LogP contribution in [0, 0.1) is 0 Å². The molecule has 0 aliphatic carbocycles. The summed E-state index contributed by atoms with van der Waals surface area (Å²) in [5.41, 5.74) is -0.565. The zero-order valence-corrected chi connectivity index (χ0v) is 15.3. The fourth-order valence-electron chi connectivity index (χ4n) is 3.73. The summed E-state index contributed by atoms with van der Waals surface area (Å²) in [6.07, 6.45) is 5.52. The van der Waals surface area contributed by atoms with Gasteiger partial charge in [-0.25, -0.2) is 9.97 Å². The highest BCUT2D eigenvalue weighted by Crippen LogP contribution is 2.30. The van der Waals surface area contributed by atoms with Crippen LogP contribution in [0.15, 0.2) is 18.5 Å². The molecule has 0 radical (unpaired) electrons. The van der Waals surface area contributed by atoms with Crippen LogP contribution in [-0.4, -0.2) is 69.5 Å². The lowest BCUT2D eigenvalue weighted by molar-refractivity contribution is -0.137. The van der Waals surface area contributed by atoms with Crippen LogP contribution in [0.1, 0.15) is 38.5 Å². The molecule has 9 nitrogen and oxygen atoms in total. The number of rotatable bonds is 7. The number of carboxylic acid groups (broad SMARTS) is 1. The monoisotopic (exact) mass is 375 g/mol. The SMILES string of the molecule is O=C(O)CCC1(CCC(=O)N2CCN(c3ncccn3)CC2)CCC(=O)N1. The minimum atomic E-state index is -0.888. The molecule has 1 unspecified atom stereocenters. The van der Waals surface area contributed by atoms with Crippen molar-refractivity contribution in [2.45, 2.75) is 44.1 Å². The largest absolute Gasteiger partial charge is 0.481 e. The molecule has 2 saturated heterocycles. The van der Waals surface area contributed by atoms with Crippen LogP contribution in [0.3, 0.4) is 0 Å². The van der Waals surface area contributed by atoms with E-state index in [-0.39, 0.29) is 18.2 Å². The van der Waals surface area contributed by atoms with E-state index in [4.69, 9.17) is 5.11 Å². The van der Waals surface area contributed by atoms with Crippen molar-refractivity contribution in [3.8, 4) is 0 Å². The maximum Gasteiger partial charge on any atom is 0.303 e. The smallest absolute Gasteiger partial charge is 0.303 e. The van der Waals surface area contributed by atoms with Gasteiger partial charge < -0.3 is 20.2 Å². The molecule has 27 heavy (non-hydrogen) atoms. The lowest BCUT2D eigenvalue weighted by atomic mass is 9.86. The van der Waals surface area contributed by atoms with Gasteiger partial charge in [0.15, 0.2) is 0 Å². The van der Waals surface area contributed by atoms with Crippen LogP contribution in [0.4, 0.5) is 5.95 Å². The molecule has 2 N–H and O–H groups in total. The van der Waals surface area contributed by atoms with Crippen LogP contribution < -0.4 is 10.2 Å². The summed E-state index contributed by atoms with van der Waals surface area (Å²) in [4.78, 5) is 47.5. The van der Waals surface area contributed by atoms with Gasteiger partial charge in [0.1, 0.15) is 0 Å². The topological polar surface area (TPSA) is 116 Å². The van der Waals surface area contributed by atoms with Gasteiger partial charge in [-0.1, -0.05) is 0 Å². The highest BCUT2D eigenvalue weighted by molar-refractivity contribution is 5.80. The van der Waals surface area contributed by atoms with Crippen molar-refractivity contribution >= 4 is 23.7 Å². The number of carbonyl (C=O) groups excluding carboxylic acids is 2. The lowest BCUT2D eigenvalue weighted by Gasteiger charge is -2.35. The molecule has 1 aromatic rings. The number of hydrogen-bond acceptors (Lipinski definition) is 6. The second-order valence-corrected chi connectivity index (χ2v) is 7.14. The number of nitrogens with zero attached hydrogens (tertiary/aromatic N) is 4. The minimum absolute atomic E-state index is 0.00970. The molecule has 146 valence electrons. The average molecular weight is 375 g/mol. The van der Waals surface area contributed by atoms with E-state index in [1.165, 1.54) is 0 Å². The average Bonchev–Trinajstić information content (AvgIpc) is 3.07. The van der Waals surface area contributed by atoms with E-state index in [9.17, 15) is 14.4 Å². The predicted molar refractivity (Wildman–Crippen MR) is 97.0 cm³/mol. The molecule has 2 aliphatic heterocycles. The minimum Gasteiger partial charge on any atom is -0.481 e. The highest BCUT2D eigenvalue weighted by atomic mass is 16.4. The maximum absolute atomic E-state index is 12.6. The molecule has 3 rings (SSSR count). The first-order chi connectivity index (χ1) is 13.0. The number of piperazine rings is 1. The number of carbonyl (C=O) groups is 3. The normalized spacial score (nSPS) is 22.6. The first-order valence-corrected chi connectivity index (χ1v) is 9.30. The molecule has 0 bridgehead atoms. The van der Waals surface area contributed by atoms with E-state index in [0.717, 1.165) is 0 Å². The summed E-state index contributed by atoms with van der Waals surface area (Å²) in [6.45, 7) is 2.56. The van der Waals surface area contributed by atoms with E-state index in [1.807, 2.05) is 4.90 Å². The molecule has 2 fully saturated rings. The number of carboxylic acids is 1. The van der Waals surface area contributed by atoms with E-state index in [2.05, 4.69) is 20.2 Å². The Kier molecular flexibility index (Phi) is 5.88. The Morgan fingerprint density at radius 2 is 1.78 bits per heavy atom. The van der Waals surface area contributed by atoms with Gasteiger partial charge in [0, 0.05) is 63.4 Å². The number of aromatic nitrogens is 2. The Balaban J connectivity index is 1.50. The third kappa shape index (κ3) is 4.93. The van der Waals surface area contributed by atoms with E-state index in [1.54, 1.807) is 18.5 Å². The Bertz CT molecular complexity index is 690. The number of nitrogens with one attached hydrogen (secondary N) is 1. The number of aliphatic carboxylic acids is 1. The Morgan fingerprint density at radius 1 is 1.11 bits per heavy atom. The van der Waals surface area contributed by atoms with Gasteiger partial charge in [0.2, 0.25) is 17.8 Å². The standard InChI is InChI=1S/C18H25N5O4/c24-14-2-5-18(21-14,7-4-16(26)27)6-3-15(25)22-10-12-23(13-11-22)17-19-8-1-9-20-17/h1,8-9H,2-7,10-13H2,(H,21,24)(H,26,27). The zero-order chi connectivity index (χ0) is 19.3. The van der Waals surface area contributed by atoms with E-state index < -0.39 is 11.5 Å². The summed E-state index contributed by atoms with van der Waals surface area (Å²) >= 11 is 0. The van der Waals surface area contributed by atoms with Gasteiger partial charge in [-0.3, -0.25) is 14.4 Å². The molecular weight excluding hydrogens is 350 g/mol. The molecule has 1 aromatic heterocycles. The van der Waals surface area contributed by atoms with Crippen LogP contribution >= 0.6 is 0 Å². The third-order valence-electron chi connectivity index (χ3n) is 5.34. The molecule has 9 heteroatoms. The second kappa shape index (κ2) is 8.32. The van der Waals surface area contributed by atoms with Gasteiger partial charge in [-0.2, -0.15) is 0 Å². The molecule has 1 atom stereocenters. The number of anilines is 1. The molecular formula is C18H25N5O4. The zero-order valence-electron chi connectivity index (χ0n) is 15.3. The van der Waals surface area contributed by atoms with Crippen molar-refractivity contribution in [3.63, 3.8) is 0 Å². The third-order valence-corrected chi connectivity index (χ3v) is 5.34. The molecule has 2 amide bonds. The molecule has 3 heterocycles. The van der Waals surface area contributed by atoms with Gasteiger partial charge in [-0.15, -0.1) is 0 Å². The maximum atomic E-state index is 12.6. The first-order valence-electron chi connectivity index (χ1n) is 9.30. The fourth-order valence-corrected chi connectivity index (χ4v) is 3.73. The van der Waals surface area contributed by atoms with Crippen molar-refractivity contribution in [1.82, 2.24) is 20.2 Å². The van der Waals surface area contributed by atoms with Crippen LogP contribution in [0.5, 0.6) is 0 Å². The van der Waals surface area contributed by atoms with Crippen molar-refractivity contribution in [2.24, 2.45) is 0 Å². The molecule has 0 saturated carbocycles. The molecule has 0 spiro atoms. The van der Waals surface area contributed by atoms with E-state index >= 15 is 0 Å². The van der Waals surface area contributed by atoms with E-state index in [0.29, 0.717) is 64.2 Å². The Morgan fingerprint density at radius 3 is 2.37 bits per heavy atom. The van der Waals surface area contributed by atoms with Gasteiger partial charge in [0.05, 0.1) is 0 Å². The number of hydrogen-bond donors (Lipinski definition) is 2.